The van der Waals surface area contributed by atoms with E-state index in [1.165, 1.54) is 6.07 Å². The monoisotopic (exact) mass is 462 g/mol. The molecule has 0 unspecified atom stereocenters. The highest BCUT2D eigenvalue weighted by Gasteiger charge is 2.23. The van der Waals surface area contributed by atoms with Crippen molar-refractivity contribution in [1.82, 2.24) is 10.2 Å². The predicted molar refractivity (Wildman–Crippen MR) is 117 cm³/mol. The molecule has 31 heavy (non-hydrogen) atoms. The van der Waals surface area contributed by atoms with E-state index >= 15 is 0 Å². The van der Waals surface area contributed by atoms with Gasteiger partial charge in [0.05, 0.1) is 17.8 Å². The summed E-state index contributed by atoms with van der Waals surface area (Å²) in [5, 5.41) is 2.88. The smallest absolute Gasteiger partial charge is 0.340 e. The quantitative estimate of drug-likeness (QED) is 0.488. The maximum Gasteiger partial charge on any atom is 0.340 e. The Bertz CT molecular complexity index is 1110. The maximum atomic E-state index is 12.7. The number of nitrogens with zero attached hydrogens (tertiary/aromatic N) is 1. The highest BCUT2D eigenvalue weighted by Crippen LogP contribution is 2.28. The van der Waals surface area contributed by atoms with Crippen molar-refractivity contribution in [3.05, 3.63) is 82.8 Å². The second kappa shape index (κ2) is 9.89. The molecule has 7 nitrogen and oxygen atoms in total. The Hall–Kier alpha value is -2.97. The highest BCUT2D eigenvalue weighted by atomic mass is 35.5. The molecule has 0 bridgehead atoms. The summed E-state index contributed by atoms with van der Waals surface area (Å²) in [5.41, 5.74) is 1.30. The molecule has 1 heterocycles. The Balaban J connectivity index is 1.74. The van der Waals surface area contributed by atoms with Gasteiger partial charge < -0.3 is 18.8 Å². The van der Waals surface area contributed by atoms with Crippen LogP contribution in [0.15, 0.2) is 70.2 Å². The first-order valence-corrected chi connectivity index (χ1v) is 11.4. The second-order valence-corrected chi connectivity index (χ2v) is 8.73. The van der Waals surface area contributed by atoms with Gasteiger partial charge >= 0.3 is 16.1 Å². The molecule has 0 aliphatic carbocycles. The van der Waals surface area contributed by atoms with Crippen molar-refractivity contribution in [2.45, 2.75) is 31.8 Å². The summed E-state index contributed by atoms with van der Waals surface area (Å²) in [4.78, 5) is 14.0. The van der Waals surface area contributed by atoms with Crippen LogP contribution < -0.4 is 9.50 Å². The summed E-state index contributed by atoms with van der Waals surface area (Å²) in [6.45, 7) is 4.61. The number of hydrogen-bond donors (Lipinski definition) is 1. The van der Waals surface area contributed by atoms with Gasteiger partial charge in [-0.1, -0.05) is 35.9 Å². The topological polar surface area (TPSA) is 88.9 Å². The van der Waals surface area contributed by atoms with Crippen molar-refractivity contribution in [2.24, 2.45) is 0 Å². The first-order chi connectivity index (χ1) is 14.8. The van der Waals surface area contributed by atoms with Crippen LogP contribution in [0, 0.1) is 6.92 Å². The van der Waals surface area contributed by atoms with Crippen LogP contribution in [0.1, 0.15) is 23.8 Å². The summed E-state index contributed by atoms with van der Waals surface area (Å²) in [6.07, 6.45) is 1.55. The zero-order chi connectivity index (χ0) is 22.4. The molecule has 0 spiro atoms. The molecule has 2 aromatic carbocycles. The minimum Gasteiger partial charge on any atom is -0.467 e. The van der Waals surface area contributed by atoms with Gasteiger partial charge in [0.25, 0.3) is 0 Å². The number of aryl methyl sites for hydroxylation is 1. The third kappa shape index (κ3) is 5.80. The van der Waals surface area contributed by atoms with E-state index < -0.39 is 10.1 Å². The van der Waals surface area contributed by atoms with E-state index in [4.69, 9.17) is 20.2 Å². The lowest BCUT2D eigenvalue weighted by molar-refractivity contribution is 0.188. The minimum absolute atomic E-state index is 0.0541. The van der Waals surface area contributed by atoms with E-state index in [0.717, 1.165) is 5.56 Å². The number of urea groups is 1. The van der Waals surface area contributed by atoms with Crippen molar-refractivity contribution < 1.29 is 21.8 Å². The normalized spacial score (nSPS) is 11.2. The largest absolute Gasteiger partial charge is 0.467 e. The van der Waals surface area contributed by atoms with E-state index in [2.05, 4.69) is 5.32 Å². The van der Waals surface area contributed by atoms with Gasteiger partial charge in [0, 0.05) is 13.1 Å². The van der Waals surface area contributed by atoms with Crippen molar-refractivity contribution in [2.75, 3.05) is 6.54 Å². The van der Waals surface area contributed by atoms with Crippen molar-refractivity contribution in [3.63, 3.8) is 0 Å². The van der Waals surface area contributed by atoms with Crippen LogP contribution in [0.3, 0.4) is 0 Å². The molecule has 0 saturated carbocycles. The van der Waals surface area contributed by atoms with Crippen LogP contribution in [-0.2, 0) is 23.2 Å². The molecule has 3 aromatic rings. The lowest BCUT2D eigenvalue weighted by Crippen LogP contribution is -2.38. The third-order valence-electron chi connectivity index (χ3n) is 4.46. The molecule has 0 radical (unpaired) electrons. The number of rotatable bonds is 8. The zero-order valence-electron chi connectivity index (χ0n) is 17.2. The summed E-state index contributed by atoms with van der Waals surface area (Å²) < 4.78 is 35.9. The molecule has 1 N–H and O–H groups in total. The molecule has 0 aliphatic heterocycles. The highest BCUT2D eigenvalue weighted by molar-refractivity contribution is 7.87. The van der Waals surface area contributed by atoms with Crippen LogP contribution in [0.5, 0.6) is 5.75 Å². The summed E-state index contributed by atoms with van der Waals surface area (Å²) in [7, 11) is -4.08. The Labute approximate surface area is 186 Å². The molecule has 164 valence electrons. The molecule has 0 fully saturated rings. The fraction of sp³-hybridized carbons (Fsp3) is 0.227. The van der Waals surface area contributed by atoms with Crippen LogP contribution in [0.2, 0.25) is 5.02 Å². The van der Waals surface area contributed by atoms with Gasteiger partial charge in [-0.05, 0) is 55.3 Å². The van der Waals surface area contributed by atoms with Crippen LogP contribution >= 0.6 is 11.6 Å². The number of amides is 2. The second-order valence-electron chi connectivity index (χ2n) is 6.84. The van der Waals surface area contributed by atoms with Crippen molar-refractivity contribution >= 4 is 27.8 Å². The molecule has 1 aromatic heterocycles. The Morgan fingerprint density at radius 3 is 2.45 bits per heavy atom. The fourth-order valence-corrected chi connectivity index (χ4v) is 4.75. The van der Waals surface area contributed by atoms with Crippen molar-refractivity contribution in [3.8, 4) is 5.75 Å². The van der Waals surface area contributed by atoms with Gasteiger partial charge in [-0.3, -0.25) is 0 Å². The van der Waals surface area contributed by atoms with E-state index in [1.54, 1.807) is 66.6 Å². The van der Waals surface area contributed by atoms with E-state index in [0.29, 0.717) is 31.0 Å². The Morgan fingerprint density at radius 1 is 1.10 bits per heavy atom. The first-order valence-electron chi connectivity index (χ1n) is 9.64. The number of furan rings is 1. The maximum absolute atomic E-state index is 12.7. The standard InChI is InChI=1S/C22H23ClN2O5S/c1-3-24-22(26)25(15-19-7-5-13-29-19)14-17-9-11-18(12-10-17)30-31(27,28)21-16(2)6-4-8-20(21)23/h4-13H,3,14-15H2,1-2H3,(H,24,26). The first kappa shape index (κ1) is 22.7. The number of hydrogen-bond acceptors (Lipinski definition) is 5. The van der Waals surface area contributed by atoms with Crippen LogP contribution in [0.25, 0.3) is 0 Å². The molecule has 0 aliphatic rings. The molecule has 3 rings (SSSR count). The lowest BCUT2D eigenvalue weighted by Gasteiger charge is -2.22. The van der Waals surface area contributed by atoms with Gasteiger partial charge in [0.2, 0.25) is 0 Å². The lowest BCUT2D eigenvalue weighted by atomic mass is 10.2. The minimum atomic E-state index is -4.08. The average Bonchev–Trinajstić information content (AvgIpc) is 3.21. The number of halogens is 1. The SMILES string of the molecule is CCNC(=O)N(Cc1ccc(OS(=O)(=O)c2c(C)cccc2Cl)cc1)Cc1ccco1. The van der Waals surface area contributed by atoms with E-state index in [-0.39, 0.29) is 21.7 Å². The molecular weight excluding hydrogens is 440 g/mol. The fourth-order valence-electron chi connectivity index (χ4n) is 3.03. The number of benzene rings is 2. The van der Waals surface area contributed by atoms with Crippen molar-refractivity contribution in [1.29, 1.82) is 0 Å². The zero-order valence-corrected chi connectivity index (χ0v) is 18.7. The number of nitrogens with one attached hydrogen (secondary N) is 1. The molecule has 2 amide bonds. The third-order valence-corrected chi connectivity index (χ3v) is 6.34. The van der Waals surface area contributed by atoms with Crippen LogP contribution in [0.4, 0.5) is 4.79 Å². The Kier molecular flexibility index (Phi) is 7.25. The molecule has 0 saturated heterocycles. The van der Waals surface area contributed by atoms with Gasteiger partial charge in [-0.25, -0.2) is 4.79 Å². The number of carbonyl (C=O) groups is 1. The molecular formula is C22H23ClN2O5S. The van der Waals surface area contributed by atoms with E-state index in [9.17, 15) is 13.2 Å². The van der Waals surface area contributed by atoms with Crippen LogP contribution in [-0.4, -0.2) is 25.9 Å². The Morgan fingerprint density at radius 2 is 1.84 bits per heavy atom. The summed E-state index contributed by atoms with van der Waals surface area (Å²) in [5.74, 6) is 0.811. The molecule has 9 heteroatoms. The van der Waals surface area contributed by atoms with Gasteiger partial charge in [-0.2, -0.15) is 8.42 Å². The summed E-state index contributed by atoms with van der Waals surface area (Å²) in [6, 6.07) is 14.7. The predicted octanol–water partition coefficient (Wildman–Crippen LogP) is 4.74. The van der Waals surface area contributed by atoms with Gasteiger partial charge in [0.1, 0.15) is 16.4 Å². The molecule has 0 atom stereocenters. The summed E-state index contributed by atoms with van der Waals surface area (Å²) >= 11 is 6.07. The van der Waals surface area contributed by atoms with Gasteiger partial charge in [-0.15, -0.1) is 0 Å². The van der Waals surface area contributed by atoms with Gasteiger partial charge in [0.15, 0.2) is 0 Å². The average molecular weight is 463 g/mol. The number of carbonyl (C=O) groups excluding carboxylic acids is 1. The van der Waals surface area contributed by atoms with E-state index in [1.807, 2.05) is 6.92 Å².